The van der Waals surface area contributed by atoms with Crippen molar-refractivity contribution in [2.24, 2.45) is 5.92 Å². The number of nitrogens with one attached hydrogen (secondary N) is 1. The van der Waals surface area contributed by atoms with Gasteiger partial charge in [-0.3, -0.25) is 0 Å². The molecular formula is C15H27N3S. The minimum Gasteiger partial charge on any atom is -0.348 e. The first-order valence-corrected chi connectivity index (χ1v) is 8.48. The molecule has 2 rings (SSSR count). The summed E-state index contributed by atoms with van der Waals surface area (Å²) in [5, 5.41) is 4.64. The van der Waals surface area contributed by atoms with Crippen LogP contribution in [0.1, 0.15) is 50.1 Å². The SMILES string of the molecule is CCNCc1sc(N2CCCC(CC)CC2)nc1C. The van der Waals surface area contributed by atoms with Crippen LogP contribution in [0.4, 0.5) is 5.13 Å². The second-order valence-corrected chi connectivity index (χ2v) is 6.54. The van der Waals surface area contributed by atoms with Crippen LogP contribution in [0.2, 0.25) is 0 Å². The molecule has 1 aliphatic heterocycles. The van der Waals surface area contributed by atoms with E-state index in [1.165, 1.54) is 54.5 Å². The van der Waals surface area contributed by atoms with Crippen LogP contribution in [-0.2, 0) is 6.54 Å². The fourth-order valence-corrected chi connectivity index (χ4v) is 3.80. The van der Waals surface area contributed by atoms with Crippen molar-refractivity contribution in [3.63, 3.8) is 0 Å². The van der Waals surface area contributed by atoms with Gasteiger partial charge in [-0.25, -0.2) is 4.98 Å². The molecule has 1 atom stereocenters. The van der Waals surface area contributed by atoms with Gasteiger partial charge in [0.1, 0.15) is 0 Å². The predicted molar refractivity (Wildman–Crippen MR) is 84.1 cm³/mol. The number of aromatic nitrogens is 1. The van der Waals surface area contributed by atoms with Crippen LogP contribution in [0, 0.1) is 12.8 Å². The first-order valence-electron chi connectivity index (χ1n) is 7.66. The molecule has 0 bridgehead atoms. The van der Waals surface area contributed by atoms with Gasteiger partial charge in [-0.1, -0.05) is 20.3 Å². The van der Waals surface area contributed by atoms with Gasteiger partial charge in [-0.15, -0.1) is 11.3 Å². The number of aryl methyl sites for hydroxylation is 1. The van der Waals surface area contributed by atoms with Crippen molar-refractivity contribution in [2.45, 2.75) is 53.0 Å². The first kappa shape index (κ1) is 14.8. The van der Waals surface area contributed by atoms with E-state index in [4.69, 9.17) is 4.98 Å². The van der Waals surface area contributed by atoms with Gasteiger partial charge in [-0.05, 0) is 38.6 Å². The Hall–Kier alpha value is -0.610. The molecule has 1 aromatic rings. The maximum atomic E-state index is 4.78. The van der Waals surface area contributed by atoms with Crippen LogP contribution in [-0.4, -0.2) is 24.6 Å². The monoisotopic (exact) mass is 281 g/mol. The van der Waals surface area contributed by atoms with Crippen LogP contribution in [0.15, 0.2) is 0 Å². The zero-order chi connectivity index (χ0) is 13.7. The second-order valence-electron chi connectivity index (χ2n) is 5.48. The highest BCUT2D eigenvalue weighted by atomic mass is 32.1. The lowest BCUT2D eigenvalue weighted by atomic mass is 9.98. The molecule has 0 amide bonds. The van der Waals surface area contributed by atoms with E-state index in [0.717, 1.165) is 19.0 Å². The summed E-state index contributed by atoms with van der Waals surface area (Å²) >= 11 is 1.88. The van der Waals surface area contributed by atoms with Crippen LogP contribution in [0.5, 0.6) is 0 Å². The molecule has 19 heavy (non-hydrogen) atoms. The second kappa shape index (κ2) is 7.25. The molecule has 0 spiro atoms. The normalized spacial score (nSPS) is 20.6. The maximum absolute atomic E-state index is 4.78. The van der Waals surface area contributed by atoms with E-state index < -0.39 is 0 Å². The third-order valence-corrected chi connectivity index (χ3v) is 5.33. The molecule has 1 saturated heterocycles. The van der Waals surface area contributed by atoms with Gasteiger partial charge in [0.25, 0.3) is 0 Å². The van der Waals surface area contributed by atoms with Crippen LogP contribution in [0.3, 0.4) is 0 Å². The molecule has 1 aromatic heterocycles. The van der Waals surface area contributed by atoms with Crippen molar-refractivity contribution >= 4 is 16.5 Å². The Kier molecular flexibility index (Phi) is 5.64. The van der Waals surface area contributed by atoms with Gasteiger partial charge >= 0.3 is 0 Å². The van der Waals surface area contributed by atoms with Crippen LogP contribution >= 0.6 is 11.3 Å². The average Bonchev–Trinajstić information content (AvgIpc) is 2.65. The Morgan fingerprint density at radius 1 is 1.32 bits per heavy atom. The summed E-state index contributed by atoms with van der Waals surface area (Å²) in [6.45, 7) is 11.0. The van der Waals surface area contributed by atoms with Crippen LogP contribution in [0.25, 0.3) is 0 Å². The molecule has 4 heteroatoms. The standard InChI is InChI=1S/C15H27N3S/c1-4-13-7-6-9-18(10-8-13)15-17-12(3)14(19-15)11-16-5-2/h13,16H,4-11H2,1-3H3. The first-order chi connectivity index (χ1) is 9.24. The molecule has 0 radical (unpaired) electrons. The highest BCUT2D eigenvalue weighted by molar-refractivity contribution is 7.15. The van der Waals surface area contributed by atoms with E-state index in [9.17, 15) is 0 Å². The smallest absolute Gasteiger partial charge is 0.185 e. The van der Waals surface area contributed by atoms with Gasteiger partial charge in [0.05, 0.1) is 5.69 Å². The highest BCUT2D eigenvalue weighted by Gasteiger charge is 2.19. The molecule has 3 nitrogen and oxygen atoms in total. The highest BCUT2D eigenvalue weighted by Crippen LogP contribution is 2.29. The Balaban J connectivity index is 2.01. The number of anilines is 1. The van der Waals surface area contributed by atoms with E-state index in [0.29, 0.717) is 0 Å². The molecule has 0 aliphatic carbocycles. The van der Waals surface area contributed by atoms with Crippen molar-refractivity contribution in [1.82, 2.24) is 10.3 Å². The molecule has 0 aromatic carbocycles. The van der Waals surface area contributed by atoms with E-state index in [1.807, 2.05) is 11.3 Å². The summed E-state index contributed by atoms with van der Waals surface area (Å²) in [5.74, 6) is 0.923. The topological polar surface area (TPSA) is 28.2 Å². The molecule has 2 heterocycles. The quantitative estimate of drug-likeness (QED) is 0.894. The average molecular weight is 281 g/mol. The number of rotatable bonds is 5. The molecule has 108 valence electrons. The minimum atomic E-state index is 0.923. The number of thiazole rings is 1. The summed E-state index contributed by atoms with van der Waals surface area (Å²) in [6.07, 6.45) is 5.37. The van der Waals surface area contributed by atoms with E-state index in [-0.39, 0.29) is 0 Å². The molecule has 1 fully saturated rings. The van der Waals surface area contributed by atoms with Crippen molar-refractivity contribution in [1.29, 1.82) is 0 Å². The third kappa shape index (κ3) is 3.93. The number of hydrogen-bond acceptors (Lipinski definition) is 4. The lowest BCUT2D eigenvalue weighted by molar-refractivity contribution is 0.459. The fraction of sp³-hybridized carbons (Fsp3) is 0.800. The van der Waals surface area contributed by atoms with Crippen molar-refractivity contribution < 1.29 is 0 Å². The molecular weight excluding hydrogens is 254 g/mol. The molecule has 1 N–H and O–H groups in total. The van der Waals surface area contributed by atoms with Gasteiger partial charge in [0, 0.05) is 24.5 Å². The largest absolute Gasteiger partial charge is 0.348 e. The summed E-state index contributed by atoms with van der Waals surface area (Å²) in [5.41, 5.74) is 1.21. The maximum Gasteiger partial charge on any atom is 0.185 e. The zero-order valence-electron chi connectivity index (χ0n) is 12.5. The van der Waals surface area contributed by atoms with E-state index in [1.54, 1.807) is 0 Å². The van der Waals surface area contributed by atoms with E-state index >= 15 is 0 Å². The Labute approximate surface area is 121 Å². The van der Waals surface area contributed by atoms with Crippen molar-refractivity contribution in [2.75, 3.05) is 24.5 Å². The summed E-state index contributed by atoms with van der Waals surface area (Å²) in [4.78, 5) is 8.68. The third-order valence-electron chi connectivity index (χ3n) is 4.11. The predicted octanol–water partition coefficient (Wildman–Crippen LogP) is 3.58. The number of hydrogen-bond donors (Lipinski definition) is 1. The molecule has 0 saturated carbocycles. The lowest BCUT2D eigenvalue weighted by Crippen LogP contribution is -2.23. The van der Waals surface area contributed by atoms with Gasteiger partial charge in [0.15, 0.2) is 5.13 Å². The number of nitrogens with zero attached hydrogens (tertiary/aromatic N) is 2. The van der Waals surface area contributed by atoms with E-state index in [2.05, 4.69) is 31.0 Å². The van der Waals surface area contributed by atoms with Gasteiger partial charge in [0.2, 0.25) is 0 Å². The summed E-state index contributed by atoms with van der Waals surface area (Å²) < 4.78 is 0. The molecule has 1 aliphatic rings. The minimum absolute atomic E-state index is 0.923. The van der Waals surface area contributed by atoms with Crippen molar-refractivity contribution in [3.8, 4) is 0 Å². The Morgan fingerprint density at radius 2 is 2.16 bits per heavy atom. The fourth-order valence-electron chi connectivity index (χ4n) is 2.72. The Bertz CT molecular complexity index is 389. The Morgan fingerprint density at radius 3 is 2.89 bits per heavy atom. The molecule has 1 unspecified atom stereocenters. The van der Waals surface area contributed by atoms with Gasteiger partial charge in [-0.2, -0.15) is 0 Å². The van der Waals surface area contributed by atoms with Crippen LogP contribution < -0.4 is 10.2 Å². The summed E-state index contributed by atoms with van der Waals surface area (Å²) in [6, 6.07) is 0. The van der Waals surface area contributed by atoms with Crippen molar-refractivity contribution in [3.05, 3.63) is 10.6 Å². The van der Waals surface area contributed by atoms with Gasteiger partial charge < -0.3 is 10.2 Å². The summed E-state index contributed by atoms with van der Waals surface area (Å²) in [7, 11) is 0. The lowest BCUT2D eigenvalue weighted by Gasteiger charge is -2.19. The zero-order valence-corrected chi connectivity index (χ0v) is 13.4.